The summed E-state index contributed by atoms with van der Waals surface area (Å²) in [7, 11) is 1.97. The van der Waals surface area contributed by atoms with Crippen LogP contribution in [0.25, 0.3) is 0 Å². The first-order chi connectivity index (χ1) is 8.20. The van der Waals surface area contributed by atoms with Crippen LogP contribution < -0.4 is 5.73 Å². The van der Waals surface area contributed by atoms with Crippen LogP contribution in [0, 0.1) is 5.92 Å². The van der Waals surface area contributed by atoms with E-state index >= 15 is 0 Å². The monoisotopic (exact) mass is 308 g/mol. The van der Waals surface area contributed by atoms with Gasteiger partial charge < -0.3 is 5.73 Å². The van der Waals surface area contributed by atoms with Crippen LogP contribution >= 0.6 is 24.8 Å². The van der Waals surface area contributed by atoms with Gasteiger partial charge in [-0.25, -0.2) is 0 Å². The highest BCUT2D eigenvalue weighted by Crippen LogP contribution is 2.22. The number of hydrogen-bond donors (Lipinski definition) is 1. The maximum Gasteiger partial charge on any atom is 0.0522 e. The molecule has 6 heteroatoms. The minimum atomic E-state index is 0. The molecule has 4 nitrogen and oxygen atoms in total. The Morgan fingerprint density at radius 3 is 2.74 bits per heavy atom. The van der Waals surface area contributed by atoms with Crippen molar-refractivity contribution in [1.29, 1.82) is 0 Å². The van der Waals surface area contributed by atoms with Gasteiger partial charge in [0.25, 0.3) is 0 Å². The number of halogens is 2. The van der Waals surface area contributed by atoms with Gasteiger partial charge in [0, 0.05) is 32.4 Å². The van der Waals surface area contributed by atoms with Gasteiger partial charge in [0.1, 0.15) is 0 Å². The maximum atomic E-state index is 5.90. The average molecular weight is 309 g/mol. The highest BCUT2D eigenvalue weighted by Gasteiger charge is 2.26. The lowest BCUT2D eigenvalue weighted by atomic mass is 9.90. The van der Waals surface area contributed by atoms with E-state index in [-0.39, 0.29) is 24.8 Å². The summed E-state index contributed by atoms with van der Waals surface area (Å²) in [4.78, 5) is 2.56. The van der Waals surface area contributed by atoms with Crippen LogP contribution in [-0.4, -0.2) is 40.4 Å². The van der Waals surface area contributed by atoms with Crippen LogP contribution in [0.2, 0.25) is 0 Å². The first kappa shape index (κ1) is 18.7. The number of likely N-dealkylation sites (tertiary alicyclic amines) is 1. The van der Waals surface area contributed by atoms with Gasteiger partial charge in [-0.15, -0.1) is 24.8 Å². The molecule has 2 heterocycles. The minimum absolute atomic E-state index is 0. The first-order valence-electron chi connectivity index (χ1n) is 6.62. The Morgan fingerprint density at radius 1 is 1.42 bits per heavy atom. The number of aromatic nitrogens is 2. The molecule has 2 atom stereocenters. The Labute approximate surface area is 128 Å². The molecule has 1 saturated heterocycles. The molecule has 19 heavy (non-hydrogen) atoms. The van der Waals surface area contributed by atoms with Crippen molar-refractivity contribution >= 4 is 24.8 Å². The van der Waals surface area contributed by atoms with Crippen LogP contribution in [0.4, 0.5) is 0 Å². The molecule has 1 aromatic heterocycles. The Balaban J connectivity index is 0.00000162. The van der Waals surface area contributed by atoms with E-state index in [2.05, 4.69) is 23.1 Å². The fourth-order valence-corrected chi connectivity index (χ4v) is 2.87. The van der Waals surface area contributed by atoms with E-state index in [1.807, 2.05) is 17.9 Å². The lowest BCUT2D eigenvalue weighted by Crippen LogP contribution is -2.49. The summed E-state index contributed by atoms with van der Waals surface area (Å²) in [5.74, 6) is 0.739. The molecule has 1 aliphatic heterocycles. The third kappa shape index (κ3) is 4.95. The SMILES string of the molecule is CC1CCCN(CCc2cnn(C)c2)C1CN.Cl.Cl. The number of hydrogen-bond acceptors (Lipinski definition) is 3. The summed E-state index contributed by atoms with van der Waals surface area (Å²) in [5, 5.41) is 4.21. The summed E-state index contributed by atoms with van der Waals surface area (Å²) in [6, 6.07) is 0.570. The molecule has 1 aliphatic rings. The van der Waals surface area contributed by atoms with E-state index in [0.29, 0.717) is 6.04 Å². The zero-order valence-electron chi connectivity index (χ0n) is 11.8. The molecule has 0 radical (unpaired) electrons. The molecule has 0 spiro atoms. The molecule has 0 aromatic carbocycles. The van der Waals surface area contributed by atoms with Crippen LogP contribution in [0.15, 0.2) is 12.4 Å². The molecular formula is C13H26Cl2N4. The Kier molecular flexibility index (Phi) is 8.66. The second kappa shape index (κ2) is 8.80. The Morgan fingerprint density at radius 2 is 2.16 bits per heavy atom. The van der Waals surface area contributed by atoms with Gasteiger partial charge in [0.05, 0.1) is 6.20 Å². The van der Waals surface area contributed by atoms with Crippen molar-refractivity contribution in [3.8, 4) is 0 Å². The van der Waals surface area contributed by atoms with E-state index in [9.17, 15) is 0 Å². The number of piperidine rings is 1. The Hall–Kier alpha value is -0.290. The minimum Gasteiger partial charge on any atom is -0.329 e. The lowest BCUT2D eigenvalue weighted by Gasteiger charge is -2.39. The largest absolute Gasteiger partial charge is 0.329 e. The molecular weight excluding hydrogens is 283 g/mol. The van der Waals surface area contributed by atoms with E-state index in [4.69, 9.17) is 5.73 Å². The van der Waals surface area contributed by atoms with Crippen molar-refractivity contribution < 1.29 is 0 Å². The van der Waals surface area contributed by atoms with Gasteiger partial charge in [-0.05, 0) is 37.3 Å². The van der Waals surface area contributed by atoms with Gasteiger partial charge in [-0.3, -0.25) is 9.58 Å². The van der Waals surface area contributed by atoms with E-state index < -0.39 is 0 Å². The number of rotatable bonds is 4. The predicted molar refractivity (Wildman–Crippen MR) is 84.2 cm³/mol. The third-order valence-electron chi connectivity index (χ3n) is 3.92. The number of nitrogens with two attached hydrogens (primary N) is 1. The fourth-order valence-electron chi connectivity index (χ4n) is 2.87. The summed E-state index contributed by atoms with van der Waals surface area (Å²) < 4.78 is 1.87. The molecule has 112 valence electrons. The standard InChI is InChI=1S/C13H24N4.2ClH/c1-11-4-3-6-17(13(11)8-14)7-5-12-9-15-16(2)10-12;;/h9-11,13H,3-8,14H2,1-2H3;2*1H. The Bertz CT molecular complexity index is 356. The van der Waals surface area contributed by atoms with Crippen molar-refractivity contribution in [2.45, 2.75) is 32.2 Å². The molecule has 0 aliphatic carbocycles. The zero-order chi connectivity index (χ0) is 12.3. The first-order valence-corrected chi connectivity index (χ1v) is 6.62. The van der Waals surface area contributed by atoms with E-state index in [1.165, 1.54) is 24.9 Å². The second-order valence-corrected chi connectivity index (χ2v) is 5.23. The van der Waals surface area contributed by atoms with Gasteiger partial charge in [0.2, 0.25) is 0 Å². The summed E-state index contributed by atoms with van der Waals surface area (Å²) >= 11 is 0. The summed E-state index contributed by atoms with van der Waals surface area (Å²) in [6.45, 7) is 5.42. The number of aryl methyl sites for hydroxylation is 1. The van der Waals surface area contributed by atoms with Crippen molar-refractivity contribution in [1.82, 2.24) is 14.7 Å². The average Bonchev–Trinajstić information content (AvgIpc) is 2.72. The second-order valence-electron chi connectivity index (χ2n) is 5.23. The highest BCUT2D eigenvalue weighted by molar-refractivity contribution is 5.85. The van der Waals surface area contributed by atoms with Crippen LogP contribution in [0.1, 0.15) is 25.3 Å². The molecule has 0 amide bonds. The predicted octanol–water partition coefficient (Wildman–Crippen LogP) is 1.87. The van der Waals surface area contributed by atoms with Crippen molar-refractivity contribution in [3.63, 3.8) is 0 Å². The lowest BCUT2D eigenvalue weighted by molar-refractivity contribution is 0.108. The number of nitrogens with zero attached hydrogens (tertiary/aromatic N) is 3. The van der Waals surface area contributed by atoms with Crippen molar-refractivity contribution in [2.75, 3.05) is 19.6 Å². The molecule has 1 fully saturated rings. The zero-order valence-corrected chi connectivity index (χ0v) is 13.4. The van der Waals surface area contributed by atoms with Crippen LogP contribution in [-0.2, 0) is 13.5 Å². The van der Waals surface area contributed by atoms with Crippen molar-refractivity contribution in [3.05, 3.63) is 18.0 Å². The van der Waals surface area contributed by atoms with Crippen molar-refractivity contribution in [2.24, 2.45) is 18.7 Å². The van der Waals surface area contributed by atoms with Gasteiger partial charge in [0.15, 0.2) is 0 Å². The topological polar surface area (TPSA) is 47.1 Å². The molecule has 0 bridgehead atoms. The maximum absolute atomic E-state index is 5.90. The van der Waals surface area contributed by atoms with E-state index in [0.717, 1.165) is 25.4 Å². The van der Waals surface area contributed by atoms with Crippen LogP contribution in [0.5, 0.6) is 0 Å². The smallest absolute Gasteiger partial charge is 0.0522 e. The normalized spacial score (nSPS) is 23.5. The van der Waals surface area contributed by atoms with Gasteiger partial charge >= 0.3 is 0 Å². The third-order valence-corrected chi connectivity index (χ3v) is 3.92. The van der Waals surface area contributed by atoms with Gasteiger partial charge in [-0.2, -0.15) is 5.10 Å². The summed E-state index contributed by atoms with van der Waals surface area (Å²) in [5.41, 5.74) is 7.22. The van der Waals surface area contributed by atoms with Gasteiger partial charge in [-0.1, -0.05) is 6.92 Å². The molecule has 2 N–H and O–H groups in total. The summed E-state index contributed by atoms with van der Waals surface area (Å²) in [6.07, 6.45) is 7.78. The molecule has 2 unspecified atom stereocenters. The molecule has 1 aromatic rings. The highest BCUT2D eigenvalue weighted by atomic mass is 35.5. The van der Waals surface area contributed by atoms with Crippen LogP contribution in [0.3, 0.4) is 0 Å². The quantitative estimate of drug-likeness (QED) is 0.923. The molecule has 2 rings (SSSR count). The fraction of sp³-hybridized carbons (Fsp3) is 0.769. The molecule has 0 saturated carbocycles. The van der Waals surface area contributed by atoms with E-state index in [1.54, 1.807) is 0 Å².